The molecule has 2 aromatic heterocycles. The van der Waals surface area contributed by atoms with Gasteiger partial charge in [0.25, 0.3) is 11.8 Å². The van der Waals surface area contributed by atoms with Crippen molar-refractivity contribution in [3.05, 3.63) is 33.9 Å². The van der Waals surface area contributed by atoms with Crippen molar-refractivity contribution in [1.82, 2.24) is 30.6 Å². The number of halogens is 1. The van der Waals surface area contributed by atoms with Gasteiger partial charge in [0.15, 0.2) is 5.69 Å². The van der Waals surface area contributed by atoms with Crippen molar-refractivity contribution in [3.63, 3.8) is 0 Å². The quantitative estimate of drug-likeness (QED) is 0.729. The van der Waals surface area contributed by atoms with Crippen LogP contribution in [-0.4, -0.2) is 44.4 Å². The lowest BCUT2D eigenvalue weighted by Crippen LogP contribution is -2.48. The van der Waals surface area contributed by atoms with Crippen LogP contribution in [0.2, 0.25) is 5.02 Å². The van der Waals surface area contributed by atoms with Gasteiger partial charge in [-0.1, -0.05) is 11.6 Å². The van der Waals surface area contributed by atoms with Crippen LogP contribution in [0.15, 0.2) is 6.20 Å². The highest BCUT2D eigenvalue weighted by Crippen LogP contribution is 2.28. The summed E-state index contributed by atoms with van der Waals surface area (Å²) < 4.78 is 1.83. The number of hydrogen-bond acceptors (Lipinski definition) is 4. The Morgan fingerprint density at radius 2 is 2.15 bits per heavy atom. The van der Waals surface area contributed by atoms with Gasteiger partial charge in [-0.3, -0.25) is 19.4 Å². The summed E-state index contributed by atoms with van der Waals surface area (Å²) in [5, 5.41) is 16.9. The monoisotopic (exact) mass is 376 g/mol. The highest BCUT2D eigenvalue weighted by molar-refractivity contribution is 6.33. The van der Waals surface area contributed by atoms with E-state index >= 15 is 0 Å². The summed E-state index contributed by atoms with van der Waals surface area (Å²) in [7, 11) is 1.90. The lowest BCUT2D eigenvalue weighted by Gasteiger charge is -2.35. The van der Waals surface area contributed by atoms with Crippen molar-refractivity contribution >= 4 is 23.4 Å². The minimum Gasteiger partial charge on any atom is -0.350 e. The number of aromatic nitrogens is 4. The van der Waals surface area contributed by atoms with Crippen molar-refractivity contribution in [2.75, 3.05) is 6.54 Å². The molecule has 138 valence electrons. The SMILES string of the molecule is Cn1nc(C(=O)NC2CC(CNC(=O)c3[nH]ncc3Cl)C2)c2c1CCC2. The van der Waals surface area contributed by atoms with Gasteiger partial charge in [-0.15, -0.1) is 0 Å². The zero-order valence-corrected chi connectivity index (χ0v) is 15.3. The number of rotatable bonds is 5. The summed E-state index contributed by atoms with van der Waals surface area (Å²) in [5.41, 5.74) is 3.14. The Hall–Kier alpha value is -2.35. The van der Waals surface area contributed by atoms with Crippen molar-refractivity contribution in [3.8, 4) is 0 Å². The van der Waals surface area contributed by atoms with Crippen LogP contribution in [0.25, 0.3) is 0 Å². The second kappa shape index (κ2) is 6.75. The van der Waals surface area contributed by atoms with Crippen molar-refractivity contribution in [2.24, 2.45) is 13.0 Å². The Morgan fingerprint density at radius 1 is 1.35 bits per heavy atom. The van der Waals surface area contributed by atoms with E-state index in [1.165, 1.54) is 11.9 Å². The second-order valence-corrected chi connectivity index (χ2v) is 7.47. The van der Waals surface area contributed by atoms with E-state index in [9.17, 15) is 9.59 Å². The Bertz CT molecular complexity index is 852. The van der Waals surface area contributed by atoms with Crippen LogP contribution in [0.4, 0.5) is 0 Å². The summed E-state index contributed by atoms with van der Waals surface area (Å²) in [5.74, 6) is 0.00454. The summed E-state index contributed by atoms with van der Waals surface area (Å²) in [6.07, 6.45) is 6.11. The zero-order chi connectivity index (χ0) is 18.3. The van der Waals surface area contributed by atoms with Crippen LogP contribution in [0.1, 0.15) is 51.5 Å². The summed E-state index contributed by atoms with van der Waals surface area (Å²) >= 11 is 5.87. The molecule has 2 aromatic rings. The number of aromatic amines is 1. The van der Waals surface area contributed by atoms with Gasteiger partial charge in [-0.25, -0.2) is 0 Å². The highest BCUT2D eigenvalue weighted by atomic mass is 35.5. The number of nitrogens with zero attached hydrogens (tertiary/aromatic N) is 3. The predicted molar refractivity (Wildman–Crippen MR) is 95.1 cm³/mol. The van der Waals surface area contributed by atoms with E-state index in [4.69, 9.17) is 11.6 Å². The third-order valence-corrected chi connectivity index (χ3v) is 5.56. The molecule has 2 heterocycles. The molecule has 0 atom stereocenters. The molecule has 2 aliphatic rings. The van der Waals surface area contributed by atoms with Gasteiger partial charge in [0.1, 0.15) is 5.69 Å². The number of nitrogens with one attached hydrogen (secondary N) is 3. The molecule has 1 fully saturated rings. The zero-order valence-electron chi connectivity index (χ0n) is 14.5. The Balaban J connectivity index is 1.24. The first kappa shape index (κ1) is 17.1. The maximum atomic E-state index is 12.5. The Labute approximate surface area is 155 Å². The molecule has 0 aromatic carbocycles. The molecule has 0 radical (unpaired) electrons. The first-order chi connectivity index (χ1) is 12.5. The second-order valence-electron chi connectivity index (χ2n) is 7.06. The number of H-pyrrole nitrogens is 1. The van der Waals surface area contributed by atoms with Crippen LogP contribution >= 0.6 is 11.6 Å². The van der Waals surface area contributed by atoms with Crippen molar-refractivity contribution < 1.29 is 9.59 Å². The number of carbonyl (C=O) groups excluding carboxylic acids is 2. The Kier molecular flexibility index (Phi) is 4.44. The molecule has 8 nitrogen and oxygen atoms in total. The maximum absolute atomic E-state index is 12.5. The topological polar surface area (TPSA) is 105 Å². The van der Waals surface area contributed by atoms with E-state index < -0.39 is 0 Å². The van der Waals surface area contributed by atoms with Gasteiger partial charge in [-0.2, -0.15) is 10.2 Å². The summed E-state index contributed by atoms with van der Waals surface area (Å²) in [6, 6.07) is 0.138. The largest absolute Gasteiger partial charge is 0.350 e. The van der Waals surface area contributed by atoms with Gasteiger partial charge >= 0.3 is 0 Å². The number of amides is 2. The van der Waals surface area contributed by atoms with Gasteiger partial charge in [0.2, 0.25) is 0 Å². The van der Waals surface area contributed by atoms with Crippen LogP contribution < -0.4 is 10.6 Å². The number of carbonyl (C=O) groups is 2. The first-order valence-corrected chi connectivity index (χ1v) is 9.23. The van der Waals surface area contributed by atoms with Gasteiger partial charge in [-0.05, 0) is 38.0 Å². The van der Waals surface area contributed by atoms with Crippen LogP contribution in [0, 0.1) is 5.92 Å². The first-order valence-electron chi connectivity index (χ1n) is 8.85. The molecule has 1 saturated carbocycles. The smallest absolute Gasteiger partial charge is 0.272 e. The minimum absolute atomic E-state index is 0.0829. The minimum atomic E-state index is -0.260. The van der Waals surface area contributed by atoms with Crippen LogP contribution in [0.5, 0.6) is 0 Å². The van der Waals surface area contributed by atoms with E-state index in [0.29, 0.717) is 23.2 Å². The van der Waals surface area contributed by atoms with Crippen LogP contribution in [0.3, 0.4) is 0 Å². The van der Waals surface area contributed by atoms with E-state index in [0.717, 1.165) is 37.7 Å². The van der Waals surface area contributed by atoms with Gasteiger partial charge in [0, 0.05) is 30.9 Å². The standard InChI is InChI=1S/C17H21ClN6O2/c1-24-13-4-2-3-11(13)14(23-24)17(26)21-10-5-9(6-10)7-19-16(25)15-12(18)8-20-22-15/h8-10H,2-7H2,1H3,(H,19,25)(H,20,22)(H,21,26). The molecule has 9 heteroatoms. The molecule has 26 heavy (non-hydrogen) atoms. The van der Waals surface area contributed by atoms with E-state index in [1.54, 1.807) is 0 Å². The predicted octanol–water partition coefficient (Wildman–Crippen LogP) is 1.22. The van der Waals surface area contributed by atoms with Crippen molar-refractivity contribution in [1.29, 1.82) is 0 Å². The molecule has 0 aliphatic heterocycles. The average Bonchev–Trinajstić information content (AvgIpc) is 3.27. The lowest BCUT2D eigenvalue weighted by molar-refractivity contribution is 0.0857. The van der Waals surface area contributed by atoms with Crippen LogP contribution in [-0.2, 0) is 19.9 Å². The fourth-order valence-corrected chi connectivity index (χ4v) is 4.00. The third kappa shape index (κ3) is 3.09. The molecular formula is C17H21ClN6O2. The molecule has 2 aliphatic carbocycles. The number of hydrogen-bond donors (Lipinski definition) is 3. The number of fused-ring (bicyclic) bond motifs is 1. The molecule has 2 amide bonds. The molecule has 0 unspecified atom stereocenters. The third-order valence-electron chi connectivity index (χ3n) is 5.27. The maximum Gasteiger partial charge on any atom is 0.272 e. The van der Waals surface area contributed by atoms with E-state index in [1.807, 2.05) is 11.7 Å². The van der Waals surface area contributed by atoms with E-state index in [-0.39, 0.29) is 23.6 Å². The summed E-state index contributed by atoms with van der Waals surface area (Å²) in [4.78, 5) is 24.5. The normalized spacial score (nSPS) is 21.2. The Morgan fingerprint density at radius 3 is 2.88 bits per heavy atom. The van der Waals surface area contributed by atoms with E-state index in [2.05, 4.69) is 25.9 Å². The number of aryl methyl sites for hydroxylation is 1. The molecule has 0 bridgehead atoms. The highest BCUT2D eigenvalue weighted by Gasteiger charge is 2.33. The van der Waals surface area contributed by atoms with Gasteiger partial charge < -0.3 is 10.6 Å². The van der Waals surface area contributed by atoms with Gasteiger partial charge in [0.05, 0.1) is 11.2 Å². The average molecular weight is 377 g/mol. The molecule has 0 saturated heterocycles. The fraction of sp³-hybridized carbons (Fsp3) is 0.529. The summed E-state index contributed by atoms with van der Waals surface area (Å²) in [6.45, 7) is 0.555. The lowest BCUT2D eigenvalue weighted by atomic mass is 9.80. The molecule has 3 N–H and O–H groups in total. The van der Waals surface area contributed by atoms with Crippen molar-refractivity contribution in [2.45, 2.75) is 38.1 Å². The fourth-order valence-electron chi connectivity index (χ4n) is 3.82. The molecule has 4 rings (SSSR count). The molecular weight excluding hydrogens is 356 g/mol. The molecule has 0 spiro atoms.